The van der Waals surface area contributed by atoms with Crippen LogP contribution in [0.2, 0.25) is 0 Å². The fourth-order valence-corrected chi connectivity index (χ4v) is 1.72. The minimum absolute atomic E-state index is 0.104. The number of hydrogen-bond acceptors (Lipinski definition) is 2. The minimum atomic E-state index is 0.104. The number of alkyl halides is 1. The zero-order valence-corrected chi connectivity index (χ0v) is 10.3. The van der Waals surface area contributed by atoms with Gasteiger partial charge >= 0.3 is 0 Å². The molecule has 0 spiro atoms. The molecular weight excluding hydrogens is 220 g/mol. The molecule has 2 rings (SSSR count). The third kappa shape index (κ3) is 2.45. The first kappa shape index (κ1) is 11.2. The topological polar surface area (TPSA) is 24.9 Å². The molecule has 0 aliphatic heterocycles. The minimum Gasteiger partial charge on any atom is -0.368 e. The number of para-hydroxylation sites is 1. The van der Waals surface area contributed by atoms with Gasteiger partial charge in [0.15, 0.2) is 0 Å². The highest BCUT2D eigenvalue weighted by molar-refractivity contribution is 6.20. The Morgan fingerprint density at radius 2 is 2.12 bits per heavy atom. The van der Waals surface area contributed by atoms with Crippen molar-refractivity contribution < 1.29 is 0 Å². The Labute approximate surface area is 101 Å². The van der Waals surface area contributed by atoms with Gasteiger partial charge in [-0.2, -0.15) is 0 Å². The predicted molar refractivity (Wildman–Crippen MR) is 70.3 cm³/mol. The molecule has 1 atom stereocenters. The number of aromatic nitrogens is 1. The van der Waals surface area contributed by atoms with E-state index in [4.69, 9.17) is 11.6 Å². The quantitative estimate of drug-likeness (QED) is 0.822. The molecule has 0 radical (unpaired) electrons. The maximum absolute atomic E-state index is 5.91. The molecule has 0 fully saturated rings. The number of halogens is 1. The Hall–Kier alpha value is -1.28. The molecule has 0 bridgehead atoms. The first-order chi connectivity index (χ1) is 7.66. The van der Waals surface area contributed by atoms with Gasteiger partial charge < -0.3 is 5.32 Å². The molecule has 1 heterocycles. The summed E-state index contributed by atoms with van der Waals surface area (Å²) < 4.78 is 0. The third-order valence-electron chi connectivity index (χ3n) is 2.47. The van der Waals surface area contributed by atoms with Gasteiger partial charge in [0.2, 0.25) is 0 Å². The maximum Gasteiger partial charge on any atom is 0.129 e. The van der Waals surface area contributed by atoms with Crippen molar-refractivity contribution in [1.82, 2.24) is 4.98 Å². The average molecular weight is 235 g/mol. The SMILES string of the molecule is Cc1cc2ccccc2nc1NCC(C)Cl. The zero-order chi connectivity index (χ0) is 11.5. The highest BCUT2D eigenvalue weighted by atomic mass is 35.5. The molecule has 1 aromatic carbocycles. The van der Waals surface area contributed by atoms with Gasteiger partial charge in [-0.1, -0.05) is 18.2 Å². The van der Waals surface area contributed by atoms with Crippen LogP contribution in [0.1, 0.15) is 12.5 Å². The highest BCUT2D eigenvalue weighted by Crippen LogP contribution is 2.19. The summed E-state index contributed by atoms with van der Waals surface area (Å²) in [6.45, 7) is 4.75. The molecule has 1 unspecified atom stereocenters. The molecule has 0 aliphatic carbocycles. The molecule has 0 amide bonds. The fourth-order valence-electron chi connectivity index (χ4n) is 1.64. The van der Waals surface area contributed by atoms with Crippen molar-refractivity contribution in [2.75, 3.05) is 11.9 Å². The molecule has 0 saturated carbocycles. The first-order valence-electron chi connectivity index (χ1n) is 5.41. The third-order valence-corrected chi connectivity index (χ3v) is 2.62. The monoisotopic (exact) mass is 234 g/mol. The number of fused-ring (bicyclic) bond motifs is 1. The summed E-state index contributed by atoms with van der Waals surface area (Å²) in [6, 6.07) is 10.3. The summed E-state index contributed by atoms with van der Waals surface area (Å²) in [4.78, 5) is 4.58. The molecule has 2 aromatic rings. The standard InChI is InChI=1S/C13H15ClN2/c1-9-7-11-5-3-4-6-12(11)16-13(9)15-8-10(2)14/h3-7,10H,8H2,1-2H3,(H,15,16). The largest absolute Gasteiger partial charge is 0.368 e. The van der Waals surface area contributed by atoms with Crippen molar-refractivity contribution in [3.63, 3.8) is 0 Å². The van der Waals surface area contributed by atoms with Crippen molar-refractivity contribution >= 4 is 28.3 Å². The lowest BCUT2D eigenvalue weighted by Gasteiger charge is -2.10. The lowest BCUT2D eigenvalue weighted by Crippen LogP contribution is -2.12. The predicted octanol–water partition coefficient (Wildman–Crippen LogP) is 3.58. The lowest BCUT2D eigenvalue weighted by molar-refractivity contribution is 0.977. The van der Waals surface area contributed by atoms with Gasteiger partial charge in [0.25, 0.3) is 0 Å². The molecule has 0 aliphatic rings. The molecule has 2 nitrogen and oxygen atoms in total. The normalized spacial score (nSPS) is 12.7. The number of nitrogens with one attached hydrogen (secondary N) is 1. The first-order valence-corrected chi connectivity index (χ1v) is 5.85. The number of nitrogens with zero attached hydrogens (tertiary/aromatic N) is 1. The van der Waals surface area contributed by atoms with E-state index in [-0.39, 0.29) is 5.38 Å². The molecular formula is C13H15ClN2. The van der Waals surface area contributed by atoms with Gasteiger partial charge in [-0.05, 0) is 31.5 Å². The van der Waals surface area contributed by atoms with Gasteiger partial charge in [0.05, 0.1) is 5.52 Å². The van der Waals surface area contributed by atoms with E-state index in [2.05, 4.69) is 29.4 Å². The van der Waals surface area contributed by atoms with Crippen LogP contribution >= 0.6 is 11.6 Å². The van der Waals surface area contributed by atoms with E-state index in [9.17, 15) is 0 Å². The van der Waals surface area contributed by atoms with Gasteiger partial charge in [0.1, 0.15) is 5.82 Å². The van der Waals surface area contributed by atoms with Gasteiger partial charge in [-0.25, -0.2) is 4.98 Å². The molecule has 84 valence electrons. The lowest BCUT2D eigenvalue weighted by atomic mass is 10.1. The van der Waals surface area contributed by atoms with E-state index in [1.54, 1.807) is 0 Å². The average Bonchev–Trinajstić information content (AvgIpc) is 2.26. The van der Waals surface area contributed by atoms with E-state index in [0.717, 1.165) is 23.4 Å². The van der Waals surface area contributed by atoms with E-state index >= 15 is 0 Å². The second-order valence-corrected chi connectivity index (χ2v) is 4.75. The van der Waals surface area contributed by atoms with Crippen LogP contribution in [0.25, 0.3) is 10.9 Å². The van der Waals surface area contributed by atoms with Crippen molar-refractivity contribution in [1.29, 1.82) is 0 Å². The number of anilines is 1. The Balaban J connectivity index is 2.34. The molecule has 0 saturated heterocycles. The van der Waals surface area contributed by atoms with Crippen LogP contribution in [0, 0.1) is 6.92 Å². The molecule has 16 heavy (non-hydrogen) atoms. The Kier molecular flexibility index (Phi) is 3.30. The smallest absolute Gasteiger partial charge is 0.129 e. The molecule has 1 N–H and O–H groups in total. The van der Waals surface area contributed by atoms with Crippen LogP contribution in [0.5, 0.6) is 0 Å². The van der Waals surface area contributed by atoms with Gasteiger partial charge in [-0.15, -0.1) is 11.6 Å². The maximum atomic E-state index is 5.91. The number of benzene rings is 1. The zero-order valence-electron chi connectivity index (χ0n) is 9.50. The Bertz CT molecular complexity index is 494. The van der Waals surface area contributed by atoms with Gasteiger partial charge in [0, 0.05) is 17.3 Å². The molecule has 3 heteroatoms. The summed E-state index contributed by atoms with van der Waals surface area (Å²) in [6.07, 6.45) is 0. The summed E-state index contributed by atoms with van der Waals surface area (Å²) in [5.41, 5.74) is 2.16. The summed E-state index contributed by atoms with van der Waals surface area (Å²) in [7, 11) is 0. The van der Waals surface area contributed by atoms with E-state index in [1.165, 1.54) is 5.39 Å². The summed E-state index contributed by atoms with van der Waals surface area (Å²) in [5, 5.41) is 4.54. The van der Waals surface area contributed by atoms with E-state index in [0.29, 0.717) is 0 Å². The van der Waals surface area contributed by atoms with Crippen LogP contribution in [0.15, 0.2) is 30.3 Å². The second-order valence-electron chi connectivity index (χ2n) is 4.01. The number of pyridine rings is 1. The van der Waals surface area contributed by atoms with Crippen LogP contribution in [0.4, 0.5) is 5.82 Å². The summed E-state index contributed by atoms with van der Waals surface area (Å²) in [5.74, 6) is 0.922. The fraction of sp³-hybridized carbons (Fsp3) is 0.308. The van der Waals surface area contributed by atoms with Crippen LogP contribution in [0.3, 0.4) is 0 Å². The Morgan fingerprint density at radius 1 is 1.38 bits per heavy atom. The van der Waals surface area contributed by atoms with Crippen molar-refractivity contribution in [2.24, 2.45) is 0 Å². The summed E-state index contributed by atoms with van der Waals surface area (Å²) >= 11 is 5.91. The van der Waals surface area contributed by atoms with Crippen molar-refractivity contribution in [3.05, 3.63) is 35.9 Å². The highest BCUT2D eigenvalue weighted by Gasteiger charge is 2.03. The number of hydrogen-bond donors (Lipinski definition) is 1. The van der Waals surface area contributed by atoms with Crippen molar-refractivity contribution in [3.8, 4) is 0 Å². The van der Waals surface area contributed by atoms with Gasteiger partial charge in [-0.3, -0.25) is 0 Å². The molecule has 1 aromatic heterocycles. The van der Waals surface area contributed by atoms with E-state index in [1.807, 2.05) is 25.1 Å². The van der Waals surface area contributed by atoms with Crippen LogP contribution in [-0.4, -0.2) is 16.9 Å². The number of aryl methyl sites for hydroxylation is 1. The number of rotatable bonds is 3. The van der Waals surface area contributed by atoms with Crippen LogP contribution in [-0.2, 0) is 0 Å². The Morgan fingerprint density at radius 3 is 2.88 bits per heavy atom. The van der Waals surface area contributed by atoms with E-state index < -0.39 is 0 Å². The van der Waals surface area contributed by atoms with Crippen molar-refractivity contribution in [2.45, 2.75) is 19.2 Å². The second kappa shape index (κ2) is 4.71. The van der Waals surface area contributed by atoms with Crippen LogP contribution < -0.4 is 5.32 Å².